The van der Waals surface area contributed by atoms with Gasteiger partial charge in [-0.25, -0.2) is 0 Å². The van der Waals surface area contributed by atoms with Gasteiger partial charge in [0.25, 0.3) is 0 Å². The van der Waals surface area contributed by atoms with Crippen molar-refractivity contribution >= 4 is 18.3 Å². The van der Waals surface area contributed by atoms with E-state index in [-0.39, 0.29) is 25.1 Å². The standard InChI is InChI=1S/C11H17F3N2O3.ClH/c1-7-8(15-3-5-19-7)9(17)16-4-2-10(18,6-16)11(12,13)14;/h7-8,15,18H,2-6H2,1H3;1H/t7-,8+,10?;/m1./s1. The smallest absolute Gasteiger partial charge is 0.379 e. The molecule has 9 heteroatoms. The van der Waals surface area contributed by atoms with E-state index < -0.39 is 36.7 Å². The molecule has 1 unspecified atom stereocenters. The zero-order chi connectivity index (χ0) is 14.3. The van der Waals surface area contributed by atoms with Gasteiger partial charge in [0, 0.05) is 19.5 Å². The zero-order valence-electron chi connectivity index (χ0n) is 10.9. The molecule has 2 rings (SSSR count). The Morgan fingerprint density at radius 3 is 2.65 bits per heavy atom. The topological polar surface area (TPSA) is 61.8 Å². The van der Waals surface area contributed by atoms with Crippen LogP contribution in [-0.2, 0) is 9.53 Å². The van der Waals surface area contributed by atoms with Gasteiger partial charge in [0.15, 0.2) is 5.60 Å². The lowest BCUT2D eigenvalue weighted by Crippen LogP contribution is -2.57. The van der Waals surface area contributed by atoms with Gasteiger partial charge in [-0.1, -0.05) is 0 Å². The minimum atomic E-state index is -4.72. The van der Waals surface area contributed by atoms with Crippen molar-refractivity contribution in [1.82, 2.24) is 10.2 Å². The highest BCUT2D eigenvalue weighted by atomic mass is 35.5. The van der Waals surface area contributed by atoms with Crippen molar-refractivity contribution in [3.05, 3.63) is 0 Å². The van der Waals surface area contributed by atoms with Crippen LogP contribution in [0.1, 0.15) is 13.3 Å². The first-order valence-corrected chi connectivity index (χ1v) is 6.17. The van der Waals surface area contributed by atoms with Crippen molar-refractivity contribution in [1.29, 1.82) is 0 Å². The Bertz CT molecular complexity index is 369. The molecule has 5 nitrogen and oxygen atoms in total. The van der Waals surface area contributed by atoms with E-state index in [2.05, 4.69) is 5.32 Å². The van der Waals surface area contributed by atoms with Gasteiger partial charge in [-0.2, -0.15) is 13.2 Å². The van der Waals surface area contributed by atoms with Gasteiger partial charge in [-0.3, -0.25) is 4.79 Å². The lowest BCUT2D eigenvalue weighted by Gasteiger charge is -2.33. The van der Waals surface area contributed by atoms with Crippen LogP contribution >= 0.6 is 12.4 Å². The Balaban J connectivity index is 0.00000200. The number of amides is 1. The van der Waals surface area contributed by atoms with Crippen LogP contribution in [0.15, 0.2) is 0 Å². The molecule has 2 saturated heterocycles. The van der Waals surface area contributed by atoms with Crippen LogP contribution in [0.2, 0.25) is 0 Å². The average Bonchev–Trinajstić information content (AvgIpc) is 2.72. The highest BCUT2D eigenvalue weighted by Crippen LogP contribution is 2.37. The summed E-state index contributed by atoms with van der Waals surface area (Å²) in [6.45, 7) is 1.84. The SMILES string of the molecule is C[C@H]1OCCN[C@@H]1C(=O)N1CCC(O)(C(F)(F)F)C1.Cl. The van der Waals surface area contributed by atoms with Crippen LogP contribution in [0.5, 0.6) is 0 Å². The number of β-amino-alcohol motifs (C(OH)–C–C–N with tert-alkyl or cyclic N) is 1. The quantitative estimate of drug-likeness (QED) is 0.730. The Morgan fingerprint density at radius 2 is 2.15 bits per heavy atom. The predicted molar refractivity (Wildman–Crippen MR) is 66.7 cm³/mol. The van der Waals surface area contributed by atoms with E-state index >= 15 is 0 Å². The Kier molecular flexibility index (Phi) is 5.29. The van der Waals surface area contributed by atoms with Crippen LogP contribution in [0.25, 0.3) is 0 Å². The number of nitrogens with zero attached hydrogens (tertiary/aromatic N) is 1. The number of morpholine rings is 1. The van der Waals surface area contributed by atoms with Gasteiger partial charge in [-0.05, 0) is 6.92 Å². The van der Waals surface area contributed by atoms with Gasteiger partial charge >= 0.3 is 6.18 Å². The van der Waals surface area contributed by atoms with E-state index in [1.165, 1.54) is 0 Å². The molecule has 2 N–H and O–H groups in total. The van der Waals surface area contributed by atoms with E-state index in [4.69, 9.17) is 4.74 Å². The third-order valence-electron chi connectivity index (χ3n) is 3.67. The third kappa shape index (κ3) is 3.19. The van der Waals surface area contributed by atoms with Crippen molar-refractivity contribution in [2.24, 2.45) is 0 Å². The molecule has 118 valence electrons. The minimum Gasteiger partial charge on any atom is -0.379 e. The van der Waals surface area contributed by atoms with Crippen LogP contribution in [0.4, 0.5) is 13.2 Å². The van der Waals surface area contributed by atoms with E-state index in [9.17, 15) is 23.1 Å². The minimum absolute atomic E-state index is 0. The third-order valence-corrected chi connectivity index (χ3v) is 3.67. The average molecular weight is 319 g/mol. The van der Waals surface area contributed by atoms with E-state index in [0.29, 0.717) is 13.2 Å². The summed E-state index contributed by atoms with van der Waals surface area (Å²) >= 11 is 0. The van der Waals surface area contributed by atoms with Crippen molar-refractivity contribution in [3.63, 3.8) is 0 Å². The Morgan fingerprint density at radius 1 is 1.50 bits per heavy atom. The Labute approximate surface area is 120 Å². The molecule has 2 heterocycles. The molecule has 0 aromatic heterocycles. The maximum absolute atomic E-state index is 12.7. The second kappa shape index (κ2) is 6.05. The molecule has 2 aliphatic rings. The summed E-state index contributed by atoms with van der Waals surface area (Å²) in [7, 11) is 0. The summed E-state index contributed by atoms with van der Waals surface area (Å²) in [4.78, 5) is 13.2. The van der Waals surface area contributed by atoms with Gasteiger partial charge < -0.3 is 20.1 Å². The van der Waals surface area contributed by atoms with Crippen molar-refractivity contribution in [2.45, 2.75) is 37.3 Å². The predicted octanol–water partition coefficient (Wildman–Crippen LogP) is 0.311. The lowest BCUT2D eigenvalue weighted by molar-refractivity contribution is -0.253. The molecule has 3 atom stereocenters. The highest BCUT2D eigenvalue weighted by molar-refractivity contribution is 5.85. The van der Waals surface area contributed by atoms with Crippen LogP contribution < -0.4 is 5.32 Å². The van der Waals surface area contributed by atoms with Gasteiger partial charge in [0.2, 0.25) is 5.91 Å². The second-order valence-corrected chi connectivity index (χ2v) is 5.05. The number of aliphatic hydroxyl groups is 1. The van der Waals surface area contributed by atoms with Crippen LogP contribution in [-0.4, -0.2) is 66.1 Å². The molecule has 0 aromatic carbocycles. The van der Waals surface area contributed by atoms with Crippen molar-refractivity contribution in [2.75, 3.05) is 26.2 Å². The fourth-order valence-electron chi connectivity index (χ4n) is 2.42. The number of halogens is 4. The molecular weight excluding hydrogens is 301 g/mol. The molecule has 0 saturated carbocycles. The van der Waals surface area contributed by atoms with Crippen LogP contribution in [0, 0.1) is 0 Å². The van der Waals surface area contributed by atoms with Crippen LogP contribution in [0.3, 0.4) is 0 Å². The molecule has 0 aliphatic carbocycles. The maximum Gasteiger partial charge on any atom is 0.419 e. The molecule has 0 aromatic rings. The number of carbonyl (C=O) groups is 1. The Hall–Kier alpha value is -0.570. The summed E-state index contributed by atoms with van der Waals surface area (Å²) in [5.74, 6) is -0.452. The summed E-state index contributed by atoms with van der Waals surface area (Å²) in [6.07, 6.45) is -5.59. The molecule has 2 aliphatic heterocycles. The monoisotopic (exact) mass is 318 g/mol. The van der Waals surface area contributed by atoms with E-state index in [1.807, 2.05) is 0 Å². The number of ether oxygens (including phenoxy) is 1. The van der Waals surface area contributed by atoms with Gasteiger partial charge in [0.1, 0.15) is 6.04 Å². The number of nitrogens with one attached hydrogen (secondary N) is 1. The summed E-state index contributed by atoms with van der Waals surface area (Å²) < 4.78 is 43.3. The van der Waals surface area contributed by atoms with E-state index in [0.717, 1.165) is 4.90 Å². The first-order chi connectivity index (χ1) is 8.74. The number of alkyl halides is 3. The lowest BCUT2D eigenvalue weighted by atomic mass is 10.0. The summed E-state index contributed by atoms with van der Waals surface area (Å²) in [5.41, 5.74) is -2.79. The number of hydrogen-bond donors (Lipinski definition) is 2. The molecule has 0 spiro atoms. The second-order valence-electron chi connectivity index (χ2n) is 5.05. The first kappa shape index (κ1) is 17.5. The van der Waals surface area contributed by atoms with Crippen molar-refractivity contribution < 1.29 is 27.8 Å². The molecule has 1 amide bonds. The normalized spacial score (nSPS) is 34.8. The molecule has 0 radical (unpaired) electrons. The maximum atomic E-state index is 12.7. The molecular formula is C11H18ClF3N2O3. The zero-order valence-corrected chi connectivity index (χ0v) is 11.8. The largest absolute Gasteiger partial charge is 0.419 e. The fourth-order valence-corrected chi connectivity index (χ4v) is 2.42. The molecule has 20 heavy (non-hydrogen) atoms. The van der Waals surface area contributed by atoms with E-state index in [1.54, 1.807) is 6.92 Å². The number of hydrogen-bond acceptors (Lipinski definition) is 4. The first-order valence-electron chi connectivity index (χ1n) is 6.17. The number of carbonyl (C=O) groups excluding carboxylic acids is 1. The van der Waals surface area contributed by atoms with Gasteiger partial charge in [0.05, 0.1) is 19.3 Å². The fraction of sp³-hybridized carbons (Fsp3) is 0.909. The highest BCUT2D eigenvalue weighted by Gasteiger charge is 2.58. The number of likely N-dealkylation sites (tertiary alicyclic amines) is 1. The molecule has 0 bridgehead atoms. The van der Waals surface area contributed by atoms with Crippen molar-refractivity contribution in [3.8, 4) is 0 Å². The summed E-state index contributed by atoms with van der Waals surface area (Å²) in [6, 6.07) is -0.649. The molecule has 2 fully saturated rings. The number of rotatable bonds is 1. The van der Waals surface area contributed by atoms with Gasteiger partial charge in [-0.15, -0.1) is 12.4 Å². The summed E-state index contributed by atoms with van der Waals surface area (Å²) in [5, 5.41) is 12.5.